The third-order valence-corrected chi connectivity index (χ3v) is 5.34. The summed E-state index contributed by atoms with van der Waals surface area (Å²) in [5.41, 5.74) is 6.60. The minimum absolute atomic E-state index is 0.339. The van der Waals surface area contributed by atoms with Crippen LogP contribution in [0.4, 0.5) is 0 Å². The molecule has 0 spiro atoms. The van der Waals surface area contributed by atoms with Crippen LogP contribution in [0.15, 0.2) is 0 Å². The summed E-state index contributed by atoms with van der Waals surface area (Å²) in [4.78, 5) is 2.82. The van der Waals surface area contributed by atoms with Crippen LogP contribution in [0, 0.1) is 5.92 Å². The molecule has 1 atom stereocenters. The molecule has 2 N–H and O–H groups in total. The molecule has 1 saturated heterocycles. The van der Waals surface area contributed by atoms with Crippen LogP contribution < -0.4 is 5.73 Å². The monoisotopic (exact) mass is 252 g/mol. The van der Waals surface area contributed by atoms with Crippen molar-refractivity contribution in [3.05, 3.63) is 0 Å². The van der Waals surface area contributed by atoms with Crippen molar-refractivity contribution in [3.8, 4) is 0 Å². The summed E-state index contributed by atoms with van der Waals surface area (Å²) in [7, 11) is 0. The van der Waals surface area contributed by atoms with Gasteiger partial charge in [0.2, 0.25) is 0 Å². The molecular formula is C16H32N2. The lowest BCUT2D eigenvalue weighted by Crippen LogP contribution is -2.57. The Morgan fingerprint density at radius 2 is 1.67 bits per heavy atom. The van der Waals surface area contributed by atoms with Gasteiger partial charge in [-0.15, -0.1) is 0 Å². The van der Waals surface area contributed by atoms with Crippen LogP contribution >= 0.6 is 0 Å². The van der Waals surface area contributed by atoms with Gasteiger partial charge >= 0.3 is 0 Å². The molecule has 1 heterocycles. The summed E-state index contributed by atoms with van der Waals surface area (Å²) in [6.45, 7) is 6.93. The van der Waals surface area contributed by atoms with Gasteiger partial charge in [-0.25, -0.2) is 0 Å². The minimum atomic E-state index is 0.339. The van der Waals surface area contributed by atoms with Gasteiger partial charge in [0.25, 0.3) is 0 Å². The SMILES string of the molecule is CC(C)C1CCCN1C1(CN)CCCCCCC1. The Morgan fingerprint density at radius 3 is 2.22 bits per heavy atom. The first-order chi connectivity index (χ1) is 8.69. The van der Waals surface area contributed by atoms with Crippen molar-refractivity contribution in [2.24, 2.45) is 11.7 Å². The zero-order chi connectivity index (χ0) is 13.0. The fourth-order valence-electron chi connectivity index (χ4n) is 4.25. The van der Waals surface area contributed by atoms with Crippen molar-refractivity contribution < 1.29 is 0 Å². The predicted octanol–water partition coefficient (Wildman–Crippen LogP) is 3.55. The van der Waals surface area contributed by atoms with E-state index in [0.717, 1.165) is 18.5 Å². The molecule has 106 valence electrons. The molecule has 1 saturated carbocycles. The number of hydrogen-bond donors (Lipinski definition) is 1. The molecule has 0 aromatic carbocycles. The van der Waals surface area contributed by atoms with Crippen molar-refractivity contribution in [2.75, 3.05) is 13.1 Å². The molecule has 2 nitrogen and oxygen atoms in total. The van der Waals surface area contributed by atoms with Crippen molar-refractivity contribution in [2.45, 2.75) is 83.2 Å². The third-order valence-electron chi connectivity index (χ3n) is 5.34. The Hall–Kier alpha value is -0.0800. The van der Waals surface area contributed by atoms with Gasteiger partial charge in [0.05, 0.1) is 0 Å². The Bertz CT molecular complexity index is 241. The average Bonchev–Trinajstić information content (AvgIpc) is 2.79. The standard InChI is InChI=1S/C16H32N2/c1-14(2)15-9-8-12-18(15)16(13-17)10-6-4-3-5-7-11-16/h14-15H,3-13,17H2,1-2H3. The third kappa shape index (κ3) is 2.91. The van der Waals surface area contributed by atoms with Crippen LogP contribution in [0.1, 0.15) is 71.6 Å². The first-order valence-electron chi connectivity index (χ1n) is 8.16. The molecular weight excluding hydrogens is 220 g/mol. The highest BCUT2D eigenvalue weighted by molar-refractivity contribution is 4.98. The summed E-state index contributed by atoms with van der Waals surface area (Å²) < 4.78 is 0. The van der Waals surface area contributed by atoms with Crippen LogP contribution in [0.2, 0.25) is 0 Å². The summed E-state index contributed by atoms with van der Waals surface area (Å²) in [6, 6.07) is 0.785. The Labute approximate surface area is 113 Å². The largest absolute Gasteiger partial charge is 0.329 e. The summed E-state index contributed by atoms with van der Waals surface area (Å²) in [5, 5.41) is 0. The second-order valence-electron chi connectivity index (χ2n) is 6.84. The minimum Gasteiger partial charge on any atom is -0.329 e. The number of nitrogens with two attached hydrogens (primary N) is 1. The molecule has 1 aliphatic carbocycles. The van der Waals surface area contributed by atoms with Gasteiger partial charge in [0.15, 0.2) is 0 Å². The topological polar surface area (TPSA) is 29.3 Å². The van der Waals surface area contributed by atoms with Gasteiger partial charge < -0.3 is 5.73 Å². The van der Waals surface area contributed by atoms with Crippen LogP contribution in [0.3, 0.4) is 0 Å². The average molecular weight is 252 g/mol. The number of hydrogen-bond acceptors (Lipinski definition) is 2. The van der Waals surface area contributed by atoms with Gasteiger partial charge in [0.1, 0.15) is 0 Å². The van der Waals surface area contributed by atoms with E-state index < -0.39 is 0 Å². The molecule has 2 rings (SSSR count). The van der Waals surface area contributed by atoms with Gasteiger partial charge in [-0.05, 0) is 38.1 Å². The van der Waals surface area contributed by atoms with Crippen molar-refractivity contribution in [1.82, 2.24) is 4.90 Å². The molecule has 0 radical (unpaired) electrons. The quantitative estimate of drug-likeness (QED) is 0.832. The summed E-state index contributed by atoms with van der Waals surface area (Å²) in [5.74, 6) is 0.779. The maximum atomic E-state index is 6.26. The molecule has 1 aliphatic heterocycles. The predicted molar refractivity (Wildman–Crippen MR) is 78.7 cm³/mol. The van der Waals surface area contributed by atoms with Crippen LogP contribution in [-0.4, -0.2) is 29.6 Å². The second-order valence-corrected chi connectivity index (χ2v) is 6.84. The van der Waals surface area contributed by atoms with E-state index >= 15 is 0 Å². The summed E-state index contributed by atoms with van der Waals surface area (Å²) in [6.07, 6.45) is 12.5. The van der Waals surface area contributed by atoms with E-state index in [1.54, 1.807) is 0 Å². The smallest absolute Gasteiger partial charge is 0.0334 e. The maximum absolute atomic E-state index is 6.26. The fourth-order valence-corrected chi connectivity index (χ4v) is 4.25. The first-order valence-corrected chi connectivity index (χ1v) is 8.16. The number of likely N-dealkylation sites (tertiary alicyclic amines) is 1. The lowest BCUT2D eigenvalue weighted by atomic mass is 9.81. The van der Waals surface area contributed by atoms with Crippen LogP contribution in [0.25, 0.3) is 0 Å². The Balaban J connectivity index is 2.13. The molecule has 18 heavy (non-hydrogen) atoms. The lowest BCUT2D eigenvalue weighted by Gasteiger charge is -2.47. The lowest BCUT2D eigenvalue weighted by molar-refractivity contribution is 0.0379. The molecule has 0 aromatic heterocycles. The van der Waals surface area contributed by atoms with E-state index in [2.05, 4.69) is 18.7 Å². The van der Waals surface area contributed by atoms with Crippen LogP contribution in [-0.2, 0) is 0 Å². The fraction of sp³-hybridized carbons (Fsp3) is 1.00. The van der Waals surface area contributed by atoms with Crippen LogP contribution in [0.5, 0.6) is 0 Å². The van der Waals surface area contributed by atoms with E-state index in [4.69, 9.17) is 5.73 Å². The first kappa shape index (κ1) is 14.3. The van der Waals surface area contributed by atoms with Gasteiger partial charge in [-0.1, -0.05) is 46.0 Å². The maximum Gasteiger partial charge on any atom is 0.0334 e. The van der Waals surface area contributed by atoms with E-state index in [1.165, 1.54) is 64.3 Å². The van der Waals surface area contributed by atoms with Crippen molar-refractivity contribution in [3.63, 3.8) is 0 Å². The van der Waals surface area contributed by atoms with Crippen molar-refractivity contribution >= 4 is 0 Å². The number of rotatable bonds is 3. The van der Waals surface area contributed by atoms with E-state index in [9.17, 15) is 0 Å². The van der Waals surface area contributed by atoms with Crippen molar-refractivity contribution in [1.29, 1.82) is 0 Å². The van der Waals surface area contributed by atoms with E-state index in [1.807, 2.05) is 0 Å². The van der Waals surface area contributed by atoms with E-state index in [-0.39, 0.29) is 0 Å². The molecule has 0 bridgehead atoms. The molecule has 0 amide bonds. The van der Waals surface area contributed by atoms with E-state index in [0.29, 0.717) is 5.54 Å². The highest BCUT2D eigenvalue weighted by atomic mass is 15.3. The van der Waals surface area contributed by atoms with Gasteiger partial charge in [0, 0.05) is 18.1 Å². The Morgan fingerprint density at radius 1 is 1.06 bits per heavy atom. The molecule has 0 aromatic rings. The normalized spacial score (nSPS) is 30.3. The molecule has 2 fully saturated rings. The van der Waals surface area contributed by atoms with Gasteiger partial charge in [-0.3, -0.25) is 4.90 Å². The Kier molecular flexibility index (Phi) is 5.08. The zero-order valence-electron chi connectivity index (χ0n) is 12.5. The number of nitrogens with zero attached hydrogens (tertiary/aromatic N) is 1. The zero-order valence-corrected chi connectivity index (χ0v) is 12.5. The highest BCUT2D eigenvalue weighted by Crippen LogP contribution is 2.38. The summed E-state index contributed by atoms with van der Waals surface area (Å²) >= 11 is 0. The second kappa shape index (κ2) is 6.38. The molecule has 1 unspecified atom stereocenters. The molecule has 2 aliphatic rings. The van der Waals surface area contributed by atoms with Gasteiger partial charge in [-0.2, -0.15) is 0 Å². The highest BCUT2D eigenvalue weighted by Gasteiger charge is 2.42. The molecule has 2 heteroatoms.